The number of fused-ring (bicyclic) bond motifs is 1. The maximum Gasteiger partial charge on any atom is 0.244 e. The zero-order valence-corrected chi connectivity index (χ0v) is 14.1. The number of hydrogen-bond acceptors (Lipinski definition) is 3. The Morgan fingerprint density at radius 3 is 2.86 bits per heavy atom. The van der Waals surface area contributed by atoms with E-state index in [2.05, 4.69) is 4.99 Å². The van der Waals surface area contributed by atoms with Crippen molar-refractivity contribution in [3.63, 3.8) is 0 Å². The van der Waals surface area contributed by atoms with Crippen LogP contribution < -0.4 is 4.74 Å². The van der Waals surface area contributed by atoms with Crippen LogP contribution in [0.3, 0.4) is 0 Å². The van der Waals surface area contributed by atoms with Gasteiger partial charge in [0.05, 0.1) is 23.2 Å². The van der Waals surface area contributed by atoms with E-state index in [1.54, 1.807) is 13.2 Å². The van der Waals surface area contributed by atoms with Crippen molar-refractivity contribution in [3.8, 4) is 5.75 Å². The highest BCUT2D eigenvalue weighted by Crippen LogP contribution is 2.43. The molecule has 0 N–H and O–H groups in total. The third kappa shape index (κ3) is 2.59. The molecule has 2 aliphatic heterocycles. The summed E-state index contributed by atoms with van der Waals surface area (Å²) in [6.45, 7) is 2.98. The summed E-state index contributed by atoms with van der Waals surface area (Å²) < 4.78 is 5.46. The highest BCUT2D eigenvalue weighted by Gasteiger charge is 2.37. The Hall–Kier alpha value is -1.26. The number of halogens is 2. The monoisotopic (exact) mass is 340 g/mol. The molecule has 1 aromatic carbocycles. The lowest BCUT2D eigenvalue weighted by Crippen LogP contribution is -2.52. The smallest absolute Gasteiger partial charge is 0.244 e. The summed E-state index contributed by atoms with van der Waals surface area (Å²) in [5, 5.41) is 1.08. The van der Waals surface area contributed by atoms with Gasteiger partial charge in [-0.2, -0.15) is 0 Å². The molecular formula is C16H18Cl2N2O2. The molecule has 0 aliphatic carbocycles. The number of benzene rings is 1. The van der Waals surface area contributed by atoms with Crippen LogP contribution in [0.5, 0.6) is 5.75 Å². The van der Waals surface area contributed by atoms with Crippen molar-refractivity contribution in [2.24, 2.45) is 4.99 Å². The number of rotatable bonds is 2. The molecule has 1 amide bonds. The Morgan fingerprint density at radius 1 is 1.36 bits per heavy atom. The average molecular weight is 341 g/mol. The predicted octanol–water partition coefficient (Wildman–Crippen LogP) is 3.55. The van der Waals surface area contributed by atoms with Gasteiger partial charge in [-0.05, 0) is 37.8 Å². The maximum absolute atomic E-state index is 12.0. The van der Waals surface area contributed by atoms with Crippen LogP contribution in [0.4, 0.5) is 0 Å². The maximum atomic E-state index is 12.0. The summed E-state index contributed by atoms with van der Waals surface area (Å²) in [7, 11) is 1.63. The van der Waals surface area contributed by atoms with E-state index in [4.69, 9.17) is 27.9 Å². The first-order valence-corrected chi connectivity index (χ1v) is 8.10. The van der Waals surface area contributed by atoms with Crippen molar-refractivity contribution < 1.29 is 9.53 Å². The molecule has 0 unspecified atom stereocenters. The third-order valence-electron chi connectivity index (χ3n) is 4.59. The summed E-state index contributed by atoms with van der Waals surface area (Å²) in [5.74, 6) is 1.07. The summed E-state index contributed by atoms with van der Waals surface area (Å²) in [6.07, 6.45) is 1.66. The lowest BCUT2D eigenvalue weighted by Gasteiger charge is -2.42. The van der Waals surface area contributed by atoms with E-state index in [9.17, 15) is 4.79 Å². The Labute approximate surface area is 140 Å². The molecule has 2 atom stereocenters. The molecule has 0 spiro atoms. The Bertz CT molecular complexity index is 645. The van der Waals surface area contributed by atoms with E-state index < -0.39 is 0 Å². The molecule has 1 saturated heterocycles. The Kier molecular flexibility index (Phi) is 4.33. The third-order valence-corrected chi connectivity index (χ3v) is 5.41. The Balaban J connectivity index is 1.95. The molecule has 3 rings (SSSR count). The number of methoxy groups -OCH3 is 1. The van der Waals surface area contributed by atoms with Gasteiger partial charge in [0.15, 0.2) is 0 Å². The first-order valence-electron chi connectivity index (χ1n) is 7.35. The summed E-state index contributed by atoms with van der Waals surface area (Å²) in [4.78, 5) is 18.3. The fraction of sp³-hybridized carbons (Fsp3) is 0.500. The normalized spacial score (nSPS) is 24.8. The first-order chi connectivity index (χ1) is 10.5. The number of nitrogens with zero attached hydrogens (tertiary/aromatic N) is 2. The van der Waals surface area contributed by atoms with Crippen molar-refractivity contribution >= 4 is 34.8 Å². The number of amides is 1. The minimum Gasteiger partial charge on any atom is -0.496 e. The van der Waals surface area contributed by atoms with Gasteiger partial charge >= 0.3 is 0 Å². The van der Waals surface area contributed by atoms with E-state index in [1.807, 2.05) is 17.9 Å². The summed E-state index contributed by atoms with van der Waals surface area (Å²) >= 11 is 12.6. The van der Waals surface area contributed by atoms with Crippen LogP contribution in [0.25, 0.3) is 0 Å². The zero-order chi connectivity index (χ0) is 15.9. The van der Waals surface area contributed by atoms with E-state index in [0.717, 1.165) is 29.9 Å². The average Bonchev–Trinajstić information content (AvgIpc) is 2.53. The van der Waals surface area contributed by atoms with Crippen LogP contribution >= 0.6 is 23.2 Å². The van der Waals surface area contributed by atoms with Crippen LogP contribution in [-0.2, 0) is 4.79 Å². The van der Waals surface area contributed by atoms with E-state index in [1.165, 1.54) is 0 Å². The lowest BCUT2D eigenvalue weighted by molar-refractivity contribution is -0.132. The van der Waals surface area contributed by atoms with Gasteiger partial charge in [-0.25, -0.2) is 0 Å². The number of aliphatic imine (C=N–C) groups is 1. The molecule has 118 valence electrons. The van der Waals surface area contributed by atoms with E-state index in [0.29, 0.717) is 16.6 Å². The minimum absolute atomic E-state index is 0.0553. The molecule has 2 heterocycles. The van der Waals surface area contributed by atoms with Gasteiger partial charge in [0.1, 0.15) is 12.3 Å². The van der Waals surface area contributed by atoms with Crippen molar-refractivity contribution in [1.29, 1.82) is 0 Å². The fourth-order valence-corrected chi connectivity index (χ4v) is 3.89. The number of ether oxygens (including phenoxy) is 1. The van der Waals surface area contributed by atoms with Crippen molar-refractivity contribution in [2.75, 3.05) is 20.2 Å². The summed E-state index contributed by atoms with van der Waals surface area (Å²) in [5.41, 5.74) is 1.96. The van der Waals surface area contributed by atoms with Crippen molar-refractivity contribution in [1.82, 2.24) is 4.90 Å². The quantitative estimate of drug-likeness (QED) is 0.826. The topological polar surface area (TPSA) is 41.9 Å². The molecule has 22 heavy (non-hydrogen) atoms. The van der Waals surface area contributed by atoms with Crippen molar-refractivity contribution in [2.45, 2.75) is 31.7 Å². The van der Waals surface area contributed by atoms with E-state index in [-0.39, 0.29) is 24.4 Å². The molecule has 0 saturated carbocycles. The SMILES string of the molecule is COc1ccc(Cl)c(Cl)c1[C@@H]1CCN2C(=O)CN=C(C)[C@@H]2C1. The predicted molar refractivity (Wildman–Crippen MR) is 88.5 cm³/mol. The van der Waals surface area contributed by atoms with Gasteiger partial charge in [0, 0.05) is 17.8 Å². The van der Waals surface area contributed by atoms with Gasteiger partial charge < -0.3 is 9.64 Å². The van der Waals surface area contributed by atoms with Gasteiger partial charge in [-0.1, -0.05) is 23.2 Å². The number of carbonyl (C=O) groups excluding carboxylic acids is 1. The van der Waals surface area contributed by atoms with Crippen LogP contribution in [0, 0.1) is 0 Å². The molecule has 0 bridgehead atoms. The van der Waals surface area contributed by atoms with Gasteiger partial charge in [0.25, 0.3) is 0 Å². The minimum atomic E-state index is 0.0553. The first kappa shape index (κ1) is 15.6. The van der Waals surface area contributed by atoms with Gasteiger partial charge in [-0.15, -0.1) is 0 Å². The molecule has 4 nitrogen and oxygen atoms in total. The molecule has 0 radical (unpaired) electrons. The largest absolute Gasteiger partial charge is 0.496 e. The fourth-order valence-electron chi connectivity index (χ4n) is 3.42. The van der Waals surface area contributed by atoms with Crippen LogP contribution in [0.1, 0.15) is 31.2 Å². The Morgan fingerprint density at radius 2 is 2.14 bits per heavy atom. The summed E-state index contributed by atoms with van der Waals surface area (Å²) in [6, 6.07) is 3.65. The molecule has 0 aromatic heterocycles. The van der Waals surface area contributed by atoms with Crippen LogP contribution in [-0.4, -0.2) is 42.8 Å². The second-order valence-electron chi connectivity index (χ2n) is 5.76. The number of hydrogen-bond donors (Lipinski definition) is 0. The second kappa shape index (κ2) is 6.09. The van der Waals surface area contributed by atoms with Gasteiger partial charge in [0.2, 0.25) is 5.91 Å². The van der Waals surface area contributed by atoms with Gasteiger partial charge in [-0.3, -0.25) is 9.79 Å². The standard InChI is InChI=1S/C16H18Cl2N2O2/c1-9-12-7-10(5-6-20(12)14(21)8-19-9)15-13(22-2)4-3-11(17)16(15)18/h3-4,10,12H,5-8H2,1-2H3/t10-,12+/m1/s1. The zero-order valence-electron chi connectivity index (χ0n) is 12.6. The van der Waals surface area contributed by atoms with E-state index >= 15 is 0 Å². The molecule has 1 aromatic rings. The number of piperidine rings is 1. The highest BCUT2D eigenvalue weighted by atomic mass is 35.5. The van der Waals surface area contributed by atoms with Crippen LogP contribution in [0.2, 0.25) is 10.0 Å². The molecule has 6 heteroatoms. The van der Waals surface area contributed by atoms with Crippen molar-refractivity contribution in [3.05, 3.63) is 27.7 Å². The van der Waals surface area contributed by atoms with Crippen LogP contribution in [0.15, 0.2) is 17.1 Å². The molecule has 1 fully saturated rings. The second-order valence-corrected chi connectivity index (χ2v) is 6.54. The lowest BCUT2D eigenvalue weighted by atomic mass is 9.82. The molecule has 2 aliphatic rings. The number of carbonyl (C=O) groups is 1. The highest BCUT2D eigenvalue weighted by molar-refractivity contribution is 6.42. The molecular weight excluding hydrogens is 323 g/mol.